The average molecular weight is 438 g/mol. The first-order chi connectivity index (χ1) is 14.5. The van der Waals surface area contributed by atoms with Crippen LogP contribution < -0.4 is 15.7 Å². The van der Waals surface area contributed by atoms with Crippen LogP contribution in [0.25, 0.3) is 17.0 Å². The Morgan fingerprint density at radius 3 is 2.63 bits per heavy atom. The number of aromatic nitrogens is 1. The highest BCUT2D eigenvalue weighted by atomic mass is 32.2. The molecule has 0 unspecified atom stereocenters. The SMILES string of the molecule is COc1ccc(/C=C2\SC(=S)N(NC(=O)c3cc(=O)[nH]c4ccccc34)C2=O)cc1. The lowest BCUT2D eigenvalue weighted by atomic mass is 10.1. The minimum Gasteiger partial charge on any atom is -0.497 e. The molecule has 2 heterocycles. The Hall–Kier alpha value is -3.43. The van der Waals surface area contributed by atoms with Crippen molar-refractivity contribution in [3.63, 3.8) is 0 Å². The lowest BCUT2D eigenvalue weighted by Gasteiger charge is -2.16. The van der Waals surface area contributed by atoms with Gasteiger partial charge in [0.25, 0.3) is 11.8 Å². The van der Waals surface area contributed by atoms with Crippen LogP contribution in [-0.2, 0) is 4.79 Å². The van der Waals surface area contributed by atoms with Gasteiger partial charge in [0, 0.05) is 17.0 Å². The van der Waals surface area contributed by atoms with Gasteiger partial charge in [0.05, 0.1) is 17.6 Å². The summed E-state index contributed by atoms with van der Waals surface area (Å²) in [6.07, 6.45) is 1.69. The van der Waals surface area contributed by atoms with E-state index in [1.54, 1.807) is 49.6 Å². The van der Waals surface area contributed by atoms with Crippen LogP contribution >= 0.6 is 24.0 Å². The predicted molar refractivity (Wildman–Crippen MR) is 120 cm³/mol. The van der Waals surface area contributed by atoms with Crippen LogP contribution in [0.2, 0.25) is 0 Å². The van der Waals surface area contributed by atoms with Gasteiger partial charge in [0.2, 0.25) is 5.56 Å². The largest absolute Gasteiger partial charge is 0.497 e. The molecule has 7 nitrogen and oxygen atoms in total. The van der Waals surface area contributed by atoms with E-state index in [-0.39, 0.29) is 9.88 Å². The lowest BCUT2D eigenvalue weighted by Crippen LogP contribution is -2.45. The van der Waals surface area contributed by atoms with Gasteiger partial charge in [-0.3, -0.25) is 19.8 Å². The number of hydrogen-bond acceptors (Lipinski definition) is 6. The van der Waals surface area contributed by atoms with Gasteiger partial charge in [-0.1, -0.05) is 42.1 Å². The van der Waals surface area contributed by atoms with Gasteiger partial charge in [0.1, 0.15) is 5.75 Å². The third kappa shape index (κ3) is 3.85. The topological polar surface area (TPSA) is 91.5 Å². The zero-order valence-electron chi connectivity index (χ0n) is 15.7. The minimum atomic E-state index is -0.598. The van der Waals surface area contributed by atoms with Gasteiger partial charge in [-0.25, -0.2) is 0 Å². The number of thioether (sulfide) groups is 1. The van der Waals surface area contributed by atoms with Crippen LogP contribution in [0.15, 0.2) is 64.3 Å². The molecule has 1 aromatic heterocycles. The molecule has 0 atom stereocenters. The molecule has 4 rings (SSSR count). The number of aromatic amines is 1. The number of pyridine rings is 1. The van der Waals surface area contributed by atoms with Crippen LogP contribution in [0, 0.1) is 0 Å². The molecule has 30 heavy (non-hydrogen) atoms. The molecule has 0 saturated carbocycles. The first-order valence-corrected chi connectivity index (χ1v) is 10.0. The van der Waals surface area contributed by atoms with Gasteiger partial charge in [-0.05, 0) is 42.1 Å². The summed E-state index contributed by atoms with van der Waals surface area (Å²) in [5.41, 5.74) is 3.58. The number of benzene rings is 2. The van der Waals surface area contributed by atoms with Crippen LogP contribution in [0.1, 0.15) is 15.9 Å². The van der Waals surface area contributed by atoms with E-state index in [2.05, 4.69) is 10.4 Å². The number of hydrogen-bond donors (Lipinski definition) is 2. The van der Waals surface area contributed by atoms with Crippen molar-refractivity contribution < 1.29 is 14.3 Å². The monoisotopic (exact) mass is 437 g/mol. The van der Waals surface area contributed by atoms with Gasteiger partial charge in [-0.15, -0.1) is 0 Å². The fourth-order valence-electron chi connectivity index (χ4n) is 2.97. The molecule has 3 aromatic rings. The second kappa shape index (κ2) is 8.13. The molecule has 2 aromatic carbocycles. The quantitative estimate of drug-likeness (QED) is 0.482. The molecule has 0 radical (unpaired) electrons. The van der Waals surface area contributed by atoms with E-state index in [0.717, 1.165) is 22.3 Å². The number of ether oxygens (including phenoxy) is 1. The minimum absolute atomic E-state index is 0.155. The van der Waals surface area contributed by atoms with E-state index in [4.69, 9.17) is 17.0 Å². The van der Waals surface area contributed by atoms with Crippen molar-refractivity contribution in [3.8, 4) is 5.75 Å². The van der Waals surface area contributed by atoms with Crippen LogP contribution in [0.3, 0.4) is 0 Å². The van der Waals surface area contributed by atoms with Crippen molar-refractivity contribution in [1.29, 1.82) is 0 Å². The summed E-state index contributed by atoms with van der Waals surface area (Å²) in [6.45, 7) is 0. The molecule has 1 saturated heterocycles. The Morgan fingerprint density at radius 1 is 1.17 bits per heavy atom. The molecule has 9 heteroatoms. The molecule has 0 aliphatic carbocycles. The summed E-state index contributed by atoms with van der Waals surface area (Å²) < 4.78 is 5.32. The van der Waals surface area contributed by atoms with Crippen molar-refractivity contribution in [2.75, 3.05) is 7.11 Å². The third-order valence-electron chi connectivity index (χ3n) is 4.42. The van der Waals surface area contributed by atoms with E-state index in [1.807, 2.05) is 12.1 Å². The Morgan fingerprint density at radius 2 is 1.90 bits per heavy atom. The van der Waals surface area contributed by atoms with Crippen LogP contribution in [0.5, 0.6) is 5.75 Å². The Bertz CT molecular complexity index is 1270. The maximum atomic E-state index is 12.8. The summed E-state index contributed by atoms with van der Waals surface area (Å²) in [6, 6.07) is 15.3. The summed E-state index contributed by atoms with van der Waals surface area (Å²) in [5, 5.41) is 1.59. The second-order valence-electron chi connectivity index (χ2n) is 6.32. The van der Waals surface area contributed by atoms with E-state index in [0.29, 0.717) is 21.6 Å². The highest BCUT2D eigenvalue weighted by molar-refractivity contribution is 8.26. The van der Waals surface area contributed by atoms with Crippen LogP contribution in [0.4, 0.5) is 0 Å². The van der Waals surface area contributed by atoms with E-state index in [9.17, 15) is 14.4 Å². The van der Waals surface area contributed by atoms with Crippen molar-refractivity contribution >= 4 is 57.1 Å². The maximum Gasteiger partial charge on any atom is 0.285 e. The molecule has 2 N–H and O–H groups in total. The van der Waals surface area contributed by atoms with E-state index >= 15 is 0 Å². The number of hydrazine groups is 1. The van der Waals surface area contributed by atoms with E-state index in [1.165, 1.54) is 6.07 Å². The molecule has 0 bridgehead atoms. The summed E-state index contributed by atoms with van der Waals surface area (Å²) >= 11 is 6.35. The summed E-state index contributed by atoms with van der Waals surface area (Å²) in [4.78, 5) is 40.6. The Balaban J connectivity index is 1.59. The summed E-state index contributed by atoms with van der Waals surface area (Å²) in [7, 11) is 1.58. The number of para-hydroxylation sites is 1. The number of methoxy groups -OCH3 is 1. The Labute approximate surface area is 180 Å². The fraction of sp³-hybridized carbons (Fsp3) is 0.0476. The number of nitrogens with one attached hydrogen (secondary N) is 2. The molecule has 1 fully saturated rings. The highest BCUT2D eigenvalue weighted by Gasteiger charge is 2.34. The number of H-pyrrole nitrogens is 1. The van der Waals surface area contributed by atoms with Crippen molar-refractivity contribution in [2.45, 2.75) is 0 Å². The zero-order valence-corrected chi connectivity index (χ0v) is 17.3. The number of rotatable bonds is 4. The Kier molecular flexibility index (Phi) is 5.39. The number of amides is 2. The lowest BCUT2D eigenvalue weighted by molar-refractivity contribution is -0.123. The van der Waals surface area contributed by atoms with Crippen LogP contribution in [-0.4, -0.2) is 33.2 Å². The maximum absolute atomic E-state index is 12.8. The van der Waals surface area contributed by atoms with Gasteiger partial charge in [-0.2, -0.15) is 5.01 Å². The van der Waals surface area contributed by atoms with Crippen molar-refractivity contribution in [3.05, 3.63) is 81.0 Å². The normalized spacial score (nSPS) is 15.1. The second-order valence-corrected chi connectivity index (χ2v) is 8.00. The van der Waals surface area contributed by atoms with E-state index < -0.39 is 17.4 Å². The summed E-state index contributed by atoms with van der Waals surface area (Å²) in [5.74, 6) is -0.334. The molecule has 0 spiro atoms. The zero-order chi connectivity index (χ0) is 21.3. The first kappa shape index (κ1) is 19.9. The molecular formula is C21H15N3O4S2. The highest BCUT2D eigenvalue weighted by Crippen LogP contribution is 2.32. The number of fused-ring (bicyclic) bond motifs is 1. The smallest absolute Gasteiger partial charge is 0.285 e. The van der Waals surface area contributed by atoms with Gasteiger partial charge in [0.15, 0.2) is 4.32 Å². The van der Waals surface area contributed by atoms with Gasteiger partial charge < -0.3 is 9.72 Å². The first-order valence-electron chi connectivity index (χ1n) is 8.81. The molecular weight excluding hydrogens is 422 g/mol. The molecule has 1 aliphatic rings. The third-order valence-corrected chi connectivity index (χ3v) is 5.72. The number of nitrogens with zero attached hydrogens (tertiary/aromatic N) is 1. The molecule has 1 aliphatic heterocycles. The number of carbonyl (C=O) groups is 2. The van der Waals surface area contributed by atoms with Gasteiger partial charge >= 0.3 is 0 Å². The number of thiocarbonyl (C=S) groups is 1. The average Bonchev–Trinajstić information content (AvgIpc) is 3.01. The number of carbonyl (C=O) groups excluding carboxylic acids is 2. The molecule has 2 amide bonds. The predicted octanol–water partition coefficient (Wildman–Crippen LogP) is 3.08. The van der Waals surface area contributed by atoms with Crippen molar-refractivity contribution in [2.24, 2.45) is 0 Å². The standard InChI is InChI=1S/C21H15N3O4S2/c1-28-13-8-6-12(7-9-13)10-17-20(27)24(21(29)30-17)23-19(26)15-11-18(25)22-16-5-3-2-4-14(15)16/h2-11H,1H3,(H,22,25)(H,23,26)/b17-10-. The molecule has 150 valence electrons. The fourth-order valence-corrected chi connectivity index (χ4v) is 4.15. The van der Waals surface area contributed by atoms with Crippen molar-refractivity contribution in [1.82, 2.24) is 15.4 Å².